The van der Waals surface area contributed by atoms with Crippen LogP contribution >= 0.6 is 0 Å². The molecule has 0 aromatic heterocycles. The molecule has 0 fully saturated rings. The Morgan fingerprint density at radius 3 is 2.20 bits per heavy atom. The monoisotopic (exact) mass is 289 g/mol. The van der Waals surface area contributed by atoms with E-state index in [2.05, 4.69) is 0 Å². The van der Waals surface area contributed by atoms with Gasteiger partial charge in [-0.3, -0.25) is 4.79 Å². The van der Waals surface area contributed by atoms with Gasteiger partial charge in [0.15, 0.2) is 0 Å². The second-order valence-corrected chi connectivity index (χ2v) is 5.28. The Labute approximate surface area is 115 Å². The van der Waals surface area contributed by atoms with Crippen LogP contribution < -0.4 is 5.73 Å². The summed E-state index contributed by atoms with van der Waals surface area (Å²) in [5.41, 5.74) is 4.34. The van der Waals surface area contributed by atoms with Gasteiger partial charge in [-0.1, -0.05) is 19.1 Å². The summed E-state index contributed by atoms with van der Waals surface area (Å²) in [4.78, 5) is 10.9. The first-order valence-corrected chi connectivity index (χ1v) is 6.23. The largest absolute Gasteiger partial charge is 0.480 e. The highest BCUT2D eigenvalue weighted by molar-refractivity contribution is 5.77. The number of halogens is 3. The lowest BCUT2D eigenvalue weighted by atomic mass is 9.88. The van der Waals surface area contributed by atoms with Crippen molar-refractivity contribution < 1.29 is 23.1 Å². The van der Waals surface area contributed by atoms with E-state index in [1.807, 2.05) is 6.92 Å². The highest BCUT2D eigenvalue weighted by Crippen LogP contribution is 2.31. The van der Waals surface area contributed by atoms with Crippen LogP contribution in [0.4, 0.5) is 13.2 Å². The minimum atomic E-state index is -4.35. The molecule has 0 radical (unpaired) electrons. The lowest BCUT2D eigenvalue weighted by molar-refractivity contribution is -0.143. The first-order valence-electron chi connectivity index (χ1n) is 6.23. The smallest absolute Gasteiger partial charge is 0.416 e. The molecule has 6 heteroatoms. The number of benzene rings is 1. The van der Waals surface area contributed by atoms with E-state index >= 15 is 0 Å². The van der Waals surface area contributed by atoms with Crippen LogP contribution in [-0.4, -0.2) is 16.6 Å². The first-order chi connectivity index (χ1) is 9.04. The normalized spacial score (nSPS) is 16.5. The summed E-state index contributed by atoms with van der Waals surface area (Å²) in [6, 6.07) is 4.90. The van der Waals surface area contributed by atoms with E-state index in [0.717, 1.165) is 17.7 Å². The molecule has 3 nitrogen and oxygen atoms in total. The quantitative estimate of drug-likeness (QED) is 0.873. The molecule has 0 bridgehead atoms. The van der Waals surface area contributed by atoms with Gasteiger partial charge in [0.25, 0.3) is 0 Å². The van der Waals surface area contributed by atoms with Gasteiger partial charge in [0.1, 0.15) is 5.54 Å². The van der Waals surface area contributed by atoms with Gasteiger partial charge in [-0.15, -0.1) is 0 Å². The molecule has 2 unspecified atom stereocenters. The average molecular weight is 289 g/mol. The molecule has 0 saturated heterocycles. The fraction of sp³-hybridized carbons (Fsp3) is 0.500. The maximum Gasteiger partial charge on any atom is 0.416 e. The molecular formula is C14H18F3NO2. The van der Waals surface area contributed by atoms with Crippen molar-refractivity contribution in [2.75, 3.05) is 0 Å². The molecule has 3 N–H and O–H groups in total. The van der Waals surface area contributed by atoms with E-state index in [1.165, 1.54) is 19.1 Å². The van der Waals surface area contributed by atoms with Crippen molar-refractivity contribution in [2.45, 2.75) is 44.3 Å². The fourth-order valence-electron chi connectivity index (χ4n) is 1.79. The van der Waals surface area contributed by atoms with Crippen LogP contribution in [0.1, 0.15) is 43.7 Å². The van der Waals surface area contributed by atoms with Crippen molar-refractivity contribution in [3.8, 4) is 0 Å². The van der Waals surface area contributed by atoms with Gasteiger partial charge >= 0.3 is 12.1 Å². The van der Waals surface area contributed by atoms with Gasteiger partial charge < -0.3 is 10.8 Å². The zero-order chi connectivity index (χ0) is 15.6. The van der Waals surface area contributed by atoms with Gasteiger partial charge in [-0.2, -0.15) is 13.2 Å². The van der Waals surface area contributed by atoms with Gasteiger partial charge in [-0.25, -0.2) is 0 Å². The minimum Gasteiger partial charge on any atom is -0.480 e. The summed E-state index contributed by atoms with van der Waals surface area (Å²) in [5.74, 6) is -1.14. The molecule has 1 aromatic carbocycles. The molecular weight excluding hydrogens is 271 g/mol. The number of carboxylic acids is 1. The highest BCUT2D eigenvalue weighted by Gasteiger charge is 2.31. The van der Waals surface area contributed by atoms with Crippen LogP contribution in [0.15, 0.2) is 24.3 Å². The van der Waals surface area contributed by atoms with Gasteiger partial charge in [-0.05, 0) is 43.4 Å². The number of hydrogen-bond acceptors (Lipinski definition) is 2. The Balaban J connectivity index is 2.69. The van der Waals surface area contributed by atoms with Gasteiger partial charge in [0.05, 0.1) is 5.56 Å². The standard InChI is InChI=1S/C14H18F3NO2/c1-9(7-8-13(2,18)12(19)20)10-3-5-11(6-4-10)14(15,16)17/h3-6,9H,7-8,18H2,1-2H3,(H,19,20). The zero-order valence-corrected chi connectivity index (χ0v) is 11.4. The van der Waals surface area contributed by atoms with E-state index in [9.17, 15) is 18.0 Å². The molecule has 1 aromatic rings. The Kier molecular flexibility index (Phi) is 4.81. The lowest BCUT2D eigenvalue weighted by Crippen LogP contribution is -2.44. The molecule has 0 aliphatic heterocycles. The molecule has 0 spiro atoms. The molecule has 2 atom stereocenters. The fourth-order valence-corrected chi connectivity index (χ4v) is 1.79. The average Bonchev–Trinajstić information content (AvgIpc) is 2.35. The zero-order valence-electron chi connectivity index (χ0n) is 11.4. The molecule has 1 rings (SSSR count). The summed E-state index contributed by atoms with van der Waals surface area (Å²) in [7, 11) is 0. The van der Waals surface area contributed by atoms with E-state index in [1.54, 1.807) is 0 Å². The van der Waals surface area contributed by atoms with Crippen LogP contribution in [0.5, 0.6) is 0 Å². The van der Waals surface area contributed by atoms with Crippen LogP contribution in [-0.2, 0) is 11.0 Å². The topological polar surface area (TPSA) is 63.3 Å². The van der Waals surface area contributed by atoms with E-state index in [4.69, 9.17) is 10.8 Å². The lowest BCUT2D eigenvalue weighted by Gasteiger charge is -2.21. The molecule has 0 aliphatic carbocycles. The molecule has 112 valence electrons. The van der Waals surface area contributed by atoms with E-state index < -0.39 is 23.2 Å². The van der Waals surface area contributed by atoms with Gasteiger partial charge in [0.2, 0.25) is 0 Å². The number of carboxylic acid groups (broad SMARTS) is 1. The molecule has 0 saturated carbocycles. The minimum absolute atomic E-state index is 0.0560. The number of nitrogens with two attached hydrogens (primary N) is 1. The van der Waals surface area contributed by atoms with Crippen molar-refractivity contribution >= 4 is 5.97 Å². The van der Waals surface area contributed by atoms with Crippen molar-refractivity contribution in [1.82, 2.24) is 0 Å². The Morgan fingerprint density at radius 1 is 1.30 bits per heavy atom. The number of aliphatic carboxylic acids is 1. The third-order valence-corrected chi connectivity index (χ3v) is 3.39. The summed E-state index contributed by atoms with van der Waals surface area (Å²) >= 11 is 0. The second kappa shape index (κ2) is 5.83. The van der Waals surface area contributed by atoms with Crippen LogP contribution in [0.2, 0.25) is 0 Å². The summed E-state index contributed by atoms with van der Waals surface area (Å²) in [6.07, 6.45) is -3.60. The molecule has 0 aliphatic rings. The summed E-state index contributed by atoms with van der Waals surface area (Å²) in [5, 5.41) is 8.90. The molecule has 0 amide bonds. The maximum atomic E-state index is 12.4. The first kappa shape index (κ1) is 16.5. The third-order valence-electron chi connectivity index (χ3n) is 3.39. The van der Waals surface area contributed by atoms with Crippen molar-refractivity contribution in [3.63, 3.8) is 0 Å². The molecule has 20 heavy (non-hydrogen) atoms. The van der Waals surface area contributed by atoms with Crippen molar-refractivity contribution in [3.05, 3.63) is 35.4 Å². The Bertz CT molecular complexity index is 466. The third kappa shape index (κ3) is 4.23. The Hall–Kier alpha value is -1.56. The van der Waals surface area contributed by atoms with Crippen LogP contribution in [0, 0.1) is 0 Å². The van der Waals surface area contributed by atoms with Gasteiger partial charge in [0, 0.05) is 0 Å². The van der Waals surface area contributed by atoms with E-state index in [-0.39, 0.29) is 12.3 Å². The second-order valence-electron chi connectivity index (χ2n) is 5.28. The van der Waals surface area contributed by atoms with E-state index in [0.29, 0.717) is 6.42 Å². The van der Waals surface area contributed by atoms with Crippen LogP contribution in [0.25, 0.3) is 0 Å². The SMILES string of the molecule is CC(CCC(C)(N)C(=O)O)c1ccc(C(F)(F)F)cc1. The predicted molar refractivity (Wildman–Crippen MR) is 69.3 cm³/mol. The predicted octanol–water partition coefficient (Wildman–Crippen LogP) is 3.39. The summed E-state index contributed by atoms with van der Waals surface area (Å²) < 4.78 is 37.3. The van der Waals surface area contributed by atoms with Crippen LogP contribution in [0.3, 0.4) is 0 Å². The number of rotatable bonds is 5. The Morgan fingerprint density at radius 2 is 1.80 bits per heavy atom. The maximum absolute atomic E-state index is 12.4. The van der Waals surface area contributed by atoms with Crippen molar-refractivity contribution in [2.24, 2.45) is 5.73 Å². The highest BCUT2D eigenvalue weighted by atomic mass is 19.4. The number of carbonyl (C=O) groups is 1. The number of hydrogen-bond donors (Lipinski definition) is 2. The number of alkyl halides is 3. The summed E-state index contributed by atoms with van der Waals surface area (Å²) in [6.45, 7) is 3.26. The van der Waals surface area contributed by atoms with Crippen molar-refractivity contribution in [1.29, 1.82) is 0 Å². The molecule has 0 heterocycles.